The molecule has 0 saturated heterocycles. The van der Waals surface area contributed by atoms with Crippen LogP contribution in [0.2, 0.25) is 0 Å². The zero-order valence-electron chi connectivity index (χ0n) is 19.6. The Hall–Kier alpha value is -4.74. The Kier molecular flexibility index (Phi) is 6.92. The van der Waals surface area contributed by atoms with E-state index < -0.39 is 29.5 Å². The van der Waals surface area contributed by atoms with Gasteiger partial charge in [-0.05, 0) is 48.9 Å². The summed E-state index contributed by atoms with van der Waals surface area (Å²) in [4.78, 5) is 29.8. The van der Waals surface area contributed by atoms with Gasteiger partial charge in [-0.1, -0.05) is 22.9 Å². The SMILES string of the molecule is Cc1ccc(C(=O)N(C)c2ccc(Oc3ncc(Cn4ccnn4)cc3C(F)(F)F)cc2C(=O)O)cc1. The molecule has 0 bridgehead atoms. The molecule has 2 aromatic carbocycles. The van der Waals surface area contributed by atoms with Gasteiger partial charge in [0.15, 0.2) is 0 Å². The minimum Gasteiger partial charge on any atom is -0.478 e. The highest BCUT2D eigenvalue weighted by atomic mass is 19.4. The molecule has 4 aromatic rings. The average Bonchev–Trinajstić information content (AvgIpc) is 3.37. The maximum atomic E-state index is 13.8. The van der Waals surface area contributed by atoms with Crippen LogP contribution in [-0.4, -0.2) is 44.0 Å². The van der Waals surface area contributed by atoms with Crippen LogP contribution in [0.1, 0.15) is 37.4 Å². The molecule has 0 saturated carbocycles. The van der Waals surface area contributed by atoms with Crippen molar-refractivity contribution in [2.45, 2.75) is 19.6 Å². The maximum absolute atomic E-state index is 13.8. The number of hydrogen-bond donors (Lipinski definition) is 1. The summed E-state index contributed by atoms with van der Waals surface area (Å²) in [5.74, 6) is -2.79. The van der Waals surface area contributed by atoms with Gasteiger partial charge in [-0.25, -0.2) is 14.5 Å². The second kappa shape index (κ2) is 10.1. The quantitative estimate of drug-likeness (QED) is 0.379. The molecule has 0 unspecified atom stereocenters. The average molecular weight is 511 g/mol. The third-order valence-electron chi connectivity index (χ3n) is 5.41. The van der Waals surface area contributed by atoms with Crippen molar-refractivity contribution in [3.63, 3.8) is 0 Å². The molecule has 37 heavy (non-hydrogen) atoms. The Balaban J connectivity index is 1.64. The van der Waals surface area contributed by atoms with Crippen LogP contribution in [-0.2, 0) is 12.7 Å². The summed E-state index contributed by atoms with van der Waals surface area (Å²) in [6.45, 7) is 1.87. The van der Waals surface area contributed by atoms with Crippen molar-refractivity contribution in [3.8, 4) is 11.6 Å². The first kappa shape index (κ1) is 25.4. The zero-order valence-corrected chi connectivity index (χ0v) is 19.6. The highest BCUT2D eigenvalue weighted by Crippen LogP contribution is 2.38. The van der Waals surface area contributed by atoms with Gasteiger partial charge in [-0.2, -0.15) is 13.2 Å². The molecule has 0 spiro atoms. The Morgan fingerprint density at radius 3 is 2.46 bits per heavy atom. The van der Waals surface area contributed by atoms with Gasteiger partial charge in [0.05, 0.1) is 24.0 Å². The molecule has 0 aliphatic carbocycles. The van der Waals surface area contributed by atoms with Crippen LogP contribution in [0.4, 0.5) is 18.9 Å². The summed E-state index contributed by atoms with van der Waals surface area (Å²) >= 11 is 0. The van der Waals surface area contributed by atoms with E-state index in [2.05, 4.69) is 15.3 Å². The fraction of sp³-hybridized carbons (Fsp3) is 0.160. The first-order valence-electron chi connectivity index (χ1n) is 10.8. The van der Waals surface area contributed by atoms with E-state index >= 15 is 0 Å². The van der Waals surface area contributed by atoms with Gasteiger partial charge >= 0.3 is 12.1 Å². The third kappa shape index (κ3) is 5.74. The molecular formula is C25H20F3N5O4. The summed E-state index contributed by atoms with van der Waals surface area (Å²) < 4.78 is 48.0. The Morgan fingerprint density at radius 2 is 1.84 bits per heavy atom. The van der Waals surface area contributed by atoms with Crippen molar-refractivity contribution < 1.29 is 32.6 Å². The zero-order chi connectivity index (χ0) is 26.7. The second-order valence-electron chi connectivity index (χ2n) is 8.11. The fourth-order valence-corrected chi connectivity index (χ4v) is 3.52. The monoisotopic (exact) mass is 511 g/mol. The number of anilines is 1. The number of carbonyl (C=O) groups is 2. The summed E-state index contributed by atoms with van der Waals surface area (Å²) in [6.07, 6.45) is -0.706. The van der Waals surface area contributed by atoms with Crippen LogP contribution in [0.5, 0.6) is 11.6 Å². The van der Waals surface area contributed by atoms with E-state index in [9.17, 15) is 27.9 Å². The van der Waals surface area contributed by atoms with Crippen LogP contribution in [0, 0.1) is 6.92 Å². The minimum atomic E-state index is -4.79. The lowest BCUT2D eigenvalue weighted by atomic mass is 10.1. The lowest BCUT2D eigenvalue weighted by Crippen LogP contribution is -2.28. The Morgan fingerprint density at radius 1 is 1.11 bits per heavy atom. The number of carboxylic acid groups (broad SMARTS) is 1. The lowest BCUT2D eigenvalue weighted by Gasteiger charge is -2.20. The van der Waals surface area contributed by atoms with Crippen LogP contribution in [0.25, 0.3) is 0 Å². The number of aryl methyl sites for hydroxylation is 1. The third-order valence-corrected chi connectivity index (χ3v) is 5.41. The number of rotatable bonds is 7. The number of hydrogen-bond acceptors (Lipinski definition) is 6. The van der Waals surface area contributed by atoms with E-state index in [1.54, 1.807) is 24.3 Å². The molecule has 0 radical (unpaired) electrons. The molecule has 4 rings (SSSR count). The van der Waals surface area contributed by atoms with Gasteiger partial charge in [0.2, 0.25) is 5.88 Å². The first-order valence-corrected chi connectivity index (χ1v) is 10.8. The number of carboxylic acids is 1. The molecular weight excluding hydrogens is 491 g/mol. The van der Waals surface area contributed by atoms with Gasteiger partial charge in [0.1, 0.15) is 11.3 Å². The predicted molar refractivity (Wildman–Crippen MR) is 126 cm³/mol. The molecule has 2 aromatic heterocycles. The summed E-state index contributed by atoms with van der Waals surface area (Å²) in [7, 11) is 1.40. The predicted octanol–water partition coefficient (Wildman–Crippen LogP) is 4.82. The van der Waals surface area contributed by atoms with Crippen molar-refractivity contribution in [2.75, 3.05) is 11.9 Å². The number of carbonyl (C=O) groups excluding carboxylic acids is 1. The van der Waals surface area contributed by atoms with Crippen molar-refractivity contribution in [2.24, 2.45) is 0 Å². The van der Waals surface area contributed by atoms with Crippen molar-refractivity contribution in [3.05, 3.63) is 94.9 Å². The molecule has 190 valence electrons. The fourth-order valence-electron chi connectivity index (χ4n) is 3.52. The molecule has 2 heterocycles. The van der Waals surface area contributed by atoms with Crippen molar-refractivity contribution in [1.29, 1.82) is 0 Å². The normalized spacial score (nSPS) is 11.3. The minimum absolute atomic E-state index is 0.00949. The molecule has 0 aliphatic rings. The highest BCUT2D eigenvalue weighted by molar-refractivity contribution is 6.09. The van der Waals surface area contributed by atoms with Gasteiger partial charge in [-0.3, -0.25) is 4.79 Å². The largest absolute Gasteiger partial charge is 0.478 e. The van der Waals surface area contributed by atoms with Crippen LogP contribution < -0.4 is 9.64 Å². The smallest absolute Gasteiger partial charge is 0.421 e. The molecule has 9 nitrogen and oxygen atoms in total. The van der Waals surface area contributed by atoms with Gasteiger partial charge in [0.25, 0.3) is 5.91 Å². The Labute approximate surface area is 208 Å². The van der Waals surface area contributed by atoms with E-state index in [0.717, 1.165) is 22.6 Å². The van der Waals surface area contributed by atoms with Gasteiger partial charge < -0.3 is 14.7 Å². The topological polar surface area (TPSA) is 110 Å². The number of alkyl halides is 3. The molecule has 12 heteroatoms. The van der Waals surface area contributed by atoms with E-state index in [1.165, 1.54) is 42.5 Å². The van der Waals surface area contributed by atoms with Crippen LogP contribution in [0.3, 0.4) is 0 Å². The molecule has 0 aliphatic heterocycles. The van der Waals surface area contributed by atoms with Crippen LogP contribution in [0.15, 0.2) is 67.1 Å². The summed E-state index contributed by atoms with van der Waals surface area (Å²) in [6, 6.07) is 11.2. The number of halogens is 3. The van der Waals surface area contributed by atoms with E-state index in [1.807, 2.05) is 6.92 Å². The standard InChI is InChI=1S/C25H20F3N5O4/c1-15-3-5-17(6-4-15)23(34)32(2)21-8-7-18(12-19(21)24(35)36)37-22-20(25(26,27)28)11-16(13-29-22)14-33-10-9-30-31-33/h3-13H,14H2,1-2H3,(H,35,36). The van der Waals surface area contributed by atoms with E-state index in [4.69, 9.17) is 4.74 Å². The number of aromatic carboxylic acids is 1. The molecule has 1 amide bonds. The number of aromatic nitrogens is 4. The van der Waals surface area contributed by atoms with E-state index in [-0.39, 0.29) is 29.1 Å². The van der Waals surface area contributed by atoms with Gasteiger partial charge in [0, 0.05) is 25.0 Å². The maximum Gasteiger partial charge on any atom is 0.421 e. The van der Waals surface area contributed by atoms with E-state index in [0.29, 0.717) is 5.56 Å². The number of nitrogens with zero attached hydrogens (tertiary/aromatic N) is 5. The van der Waals surface area contributed by atoms with Crippen molar-refractivity contribution in [1.82, 2.24) is 20.0 Å². The molecule has 1 N–H and O–H groups in total. The summed E-state index contributed by atoms with van der Waals surface area (Å²) in [5, 5.41) is 17.1. The first-order chi connectivity index (χ1) is 17.5. The molecule has 0 fully saturated rings. The van der Waals surface area contributed by atoms with Crippen LogP contribution >= 0.6 is 0 Å². The lowest BCUT2D eigenvalue weighted by molar-refractivity contribution is -0.138. The Bertz CT molecular complexity index is 1440. The second-order valence-corrected chi connectivity index (χ2v) is 8.11. The number of benzene rings is 2. The van der Waals surface area contributed by atoms with Crippen molar-refractivity contribution >= 4 is 17.6 Å². The number of pyridine rings is 1. The number of ether oxygens (including phenoxy) is 1. The highest BCUT2D eigenvalue weighted by Gasteiger charge is 2.36. The number of amides is 1. The molecule has 0 atom stereocenters. The summed E-state index contributed by atoms with van der Waals surface area (Å²) in [5.41, 5.74) is 0.0649. The van der Waals surface area contributed by atoms with Gasteiger partial charge in [-0.15, -0.1) is 5.10 Å².